The third kappa shape index (κ3) is 3.91. The van der Waals surface area contributed by atoms with Gasteiger partial charge in [-0.25, -0.2) is 0 Å². The van der Waals surface area contributed by atoms with Crippen LogP contribution in [0, 0.1) is 0 Å². The first-order valence-electron chi connectivity index (χ1n) is 6.27. The van der Waals surface area contributed by atoms with Crippen LogP contribution < -0.4 is 10.6 Å². The second-order valence-corrected chi connectivity index (χ2v) is 5.17. The van der Waals surface area contributed by atoms with Gasteiger partial charge in [-0.05, 0) is 17.9 Å². The SMILES string of the molecule is CCC(Nc1nc(NC=O)nc(C(F)(F)F)n1)c1cccs1. The van der Waals surface area contributed by atoms with Gasteiger partial charge >= 0.3 is 6.18 Å². The minimum absolute atomic E-state index is 0.204. The van der Waals surface area contributed by atoms with Gasteiger partial charge in [0.25, 0.3) is 0 Å². The summed E-state index contributed by atoms with van der Waals surface area (Å²) in [4.78, 5) is 21.6. The summed E-state index contributed by atoms with van der Waals surface area (Å²) in [6, 6.07) is 3.48. The van der Waals surface area contributed by atoms with Gasteiger partial charge in [0.1, 0.15) is 0 Å². The molecule has 2 heterocycles. The lowest BCUT2D eigenvalue weighted by molar-refractivity contribution is -0.144. The highest BCUT2D eigenvalue weighted by molar-refractivity contribution is 7.10. The number of nitrogens with one attached hydrogen (secondary N) is 2. The minimum Gasteiger partial charge on any atom is -0.346 e. The van der Waals surface area contributed by atoms with Crippen LogP contribution in [0.5, 0.6) is 0 Å². The van der Waals surface area contributed by atoms with Gasteiger partial charge in [-0.15, -0.1) is 11.3 Å². The number of halogens is 3. The van der Waals surface area contributed by atoms with Crippen LogP contribution in [0.1, 0.15) is 30.1 Å². The fourth-order valence-electron chi connectivity index (χ4n) is 1.70. The first-order chi connectivity index (χ1) is 10.4. The number of nitrogens with zero attached hydrogens (tertiary/aromatic N) is 3. The number of anilines is 2. The summed E-state index contributed by atoms with van der Waals surface area (Å²) in [6.45, 7) is 1.88. The van der Waals surface area contributed by atoms with E-state index in [1.54, 1.807) is 0 Å². The molecule has 0 saturated heterocycles. The number of carbonyl (C=O) groups is 1. The fourth-order valence-corrected chi connectivity index (χ4v) is 2.57. The van der Waals surface area contributed by atoms with E-state index in [1.165, 1.54) is 11.3 Å². The lowest BCUT2D eigenvalue weighted by atomic mass is 10.2. The Hall–Kier alpha value is -2.23. The van der Waals surface area contributed by atoms with Crippen LogP contribution >= 0.6 is 11.3 Å². The molecule has 0 bridgehead atoms. The monoisotopic (exact) mass is 331 g/mol. The number of rotatable bonds is 6. The van der Waals surface area contributed by atoms with Crippen molar-refractivity contribution in [3.05, 3.63) is 28.2 Å². The summed E-state index contributed by atoms with van der Waals surface area (Å²) in [5, 5.41) is 6.71. The van der Waals surface area contributed by atoms with E-state index in [-0.39, 0.29) is 18.4 Å². The molecule has 1 unspecified atom stereocenters. The molecule has 2 N–H and O–H groups in total. The third-order valence-electron chi connectivity index (χ3n) is 2.68. The van der Waals surface area contributed by atoms with Gasteiger partial charge in [0.2, 0.25) is 24.1 Å². The summed E-state index contributed by atoms with van der Waals surface area (Å²) in [6.07, 6.45) is -3.90. The van der Waals surface area contributed by atoms with Crippen LogP contribution in [-0.4, -0.2) is 21.4 Å². The van der Waals surface area contributed by atoms with Crippen molar-refractivity contribution in [3.8, 4) is 0 Å². The minimum atomic E-state index is -4.73. The molecule has 2 aromatic heterocycles. The topological polar surface area (TPSA) is 79.8 Å². The molecule has 1 amide bonds. The molecule has 6 nitrogen and oxygen atoms in total. The van der Waals surface area contributed by atoms with E-state index in [0.29, 0.717) is 6.42 Å². The van der Waals surface area contributed by atoms with E-state index in [4.69, 9.17) is 0 Å². The molecule has 2 aromatic rings. The van der Waals surface area contributed by atoms with Crippen molar-refractivity contribution in [2.24, 2.45) is 0 Å². The standard InChI is InChI=1S/C12H12F3N5OS/c1-2-7(8-4-3-5-22-8)17-11-19-9(12(13,14)15)18-10(20-11)16-6-21/h3-7H,2H2,1H3,(H2,16,17,18,19,20,21). The Balaban J connectivity index is 2.32. The van der Waals surface area contributed by atoms with Crippen molar-refractivity contribution in [2.75, 3.05) is 10.6 Å². The molecule has 0 aliphatic carbocycles. The smallest absolute Gasteiger partial charge is 0.346 e. The number of amides is 1. The van der Waals surface area contributed by atoms with Crippen molar-refractivity contribution >= 4 is 29.6 Å². The molecule has 1 atom stereocenters. The number of aromatic nitrogens is 3. The molecule has 118 valence electrons. The second-order valence-electron chi connectivity index (χ2n) is 4.19. The zero-order valence-electron chi connectivity index (χ0n) is 11.4. The van der Waals surface area contributed by atoms with Gasteiger partial charge in [-0.2, -0.15) is 28.1 Å². The first kappa shape index (κ1) is 16.1. The average Bonchev–Trinajstić information content (AvgIpc) is 2.98. The van der Waals surface area contributed by atoms with Crippen LogP contribution in [0.15, 0.2) is 17.5 Å². The van der Waals surface area contributed by atoms with E-state index in [2.05, 4.69) is 20.3 Å². The Morgan fingerprint density at radius 2 is 2.05 bits per heavy atom. The Morgan fingerprint density at radius 3 is 2.59 bits per heavy atom. The van der Waals surface area contributed by atoms with E-state index in [9.17, 15) is 18.0 Å². The number of hydrogen-bond acceptors (Lipinski definition) is 6. The molecule has 0 radical (unpaired) electrons. The van der Waals surface area contributed by atoms with Crippen molar-refractivity contribution in [3.63, 3.8) is 0 Å². The van der Waals surface area contributed by atoms with Crippen LogP contribution in [0.4, 0.5) is 25.1 Å². The number of thiophene rings is 1. The van der Waals surface area contributed by atoms with E-state index in [0.717, 1.165) is 4.88 Å². The van der Waals surface area contributed by atoms with Crippen molar-refractivity contribution < 1.29 is 18.0 Å². The number of carbonyl (C=O) groups excluding carboxylic acids is 1. The Morgan fingerprint density at radius 1 is 1.32 bits per heavy atom. The van der Waals surface area contributed by atoms with Gasteiger partial charge in [-0.3, -0.25) is 10.1 Å². The summed E-state index contributed by atoms with van der Waals surface area (Å²) < 4.78 is 38.4. The predicted molar refractivity (Wildman–Crippen MR) is 75.5 cm³/mol. The normalized spacial score (nSPS) is 12.7. The maximum absolute atomic E-state index is 12.8. The molecule has 0 saturated carbocycles. The van der Waals surface area contributed by atoms with Crippen molar-refractivity contribution in [1.82, 2.24) is 15.0 Å². The van der Waals surface area contributed by atoms with Crippen LogP contribution in [0.2, 0.25) is 0 Å². The molecule has 10 heteroatoms. The summed E-state index contributed by atoms with van der Waals surface area (Å²) in [5.74, 6) is -2.07. The predicted octanol–water partition coefficient (Wildman–Crippen LogP) is 3.08. The zero-order chi connectivity index (χ0) is 16.2. The van der Waals surface area contributed by atoms with E-state index in [1.807, 2.05) is 29.8 Å². The van der Waals surface area contributed by atoms with Crippen molar-refractivity contribution in [1.29, 1.82) is 0 Å². The molecule has 22 heavy (non-hydrogen) atoms. The molecule has 0 aliphatic rings. The maximum atomic E-state index is 12.8. The van der Waals surface area contributed by atoms with Crippen LogP contribution in [0.25, 0.3) is 0 Å². The highest BCUT2D eigenvalue weighted by Gasteiger charge is 2.36. The summed E-state index contributed by atoms with van der Waals surface area (Å²) in [7, 11) is 0. The molecule has 0 spiro atoms. The molecular formula is C12H12F3N5OS. The highest BCUT2D eigenvalue weighted by atomic mass is 32.1. The summed E-state index contributed by atoms with van der Waals surface area (Å²) >= 11 is 1.47. The highest BCUT2D eigenvalue weighted by Crippen LogP contribution is 2.29. The van der Waals surface area contributed by atoms with Crippen LogP contribution in [-0.2, 0) is 11.0 Å². The Labute approximate surface area is 127 Å². The zero-order valence-corrected chi connectivity index (χ0v) is 12.2. The van der Waals surface area contributed by atoms with Gasteiger partial charge in [0, 0.05) is 4.88 Å². The lowest BCUT2D eigenvalue weighted by Crippen LogP contribution is -2.18. The largest absolute Gasteiger partial charge is 0.451 e. The Bertz CT molecular complexity index is 632. The Kier molecular flexibility index (Phi) is 4.91. The number of hydrogen-bond donors (Lipinski definition) is 2. The van der Waals surface area contributed by atoms with E-state index < -0.39 is 17.9 Å². The fraction of sp³-hybridized carbons (Fsp3) is 0.333. The maximum Gasteiger partial charge on any atom is 0.451 e. The van der Waals surface area contributed by atoms with Gasteiger partial charge < -0.3 is 5.32 Å². The quantitative estimate of drug-likeness (QED) is 0.795. The van der Waals surface area contributed by atoms with Gasteiger partial charge in [-0.1, -0.05) is 13.0 Å². The third-order valence-corrected chi connectivity index (χ3v) is 3.66. The van der Waals surface area contributed by atoms with Gasteiger partial charge in [0.15, 0.2) is 0 Å². The molecular weight excluding hydrogens is 319 g/mol. The second kappa shape index (κ2) is 6.69. The molecule has 0 aliphatic heterocycles. The average molecular weight is 331 g/mol. The lowest BCUT2D eigenvalue weighted by Gasteiger charge is -2.16. The first-order valence-corrected chi connectivity index (χ1v) is 7.15. The molecule has 0 aromatic carbocycles. The summed E-state index contributed by atoms with van der Waals surface area (Å²) in [5.41, 5.74) is 0. The van der Waals surface area contributed by atoms with E-state index >= 15 is 0 Å². The molecule has 0 fully saturated rings. The van der Waals surface area contributed by atoms with Crippen LogP contribution in [0.3, 0.4) is 0 Å². The molecule has 2 rings (SSSR count). The van der Waals surface area contributed by atoms with Gasteiger partial charge in [0.05, 0.1) is 6.04 Å². The number of alkyl halides is 3. The van der Waals surface area contributed by atoms with Crippen molar-refractivity contribution in [2.45, 2.75) is 25.6 Å².